The van der Waals surface area contributed by atoms with Crippen molar-refractivity contribution in [3.63, 3.8) is 0 Å². The Morgan fingerprint density at radius 3 is 2.80 bits per heavy atom. The highest BCUT2D eigenvalue weighted by molar-refractivity contribution is 7.71. The third-order valence-corrected chi connectivity index (χ3v) is 4.24. The molecule has 1 atom stereocenters. The second kappa shape index (κ2) is 6.84. The van der Waals surface area contributed by atoms with Crippen LogP contribution in [-0.4, -0.2) is 9.55 Å². The quantitative estimate of drug-likeness (QED) is 0.637. The lowest BCUT2D eigenvalue weighted by Gasteiger charge is -2.10. The van der Waals surface area contributed by atoms with E-state index in [0.717, 1.165) is 24.3 Å². The van der Waals surface area contributed by atoms with E-state index in [1.807, 2.05) is 24.3 Å². The van der Waals surface area contributed by atoms with Gasteiger partial charge in [0.25, 0.3) is 5.56 Å². The van der Waals surface area contributed by atoms with Crippen molar-refractivity contribution in [1.29, 1.82) is 0 Å². The first kappa shape index (κ1) is 15.0. The zero-order chi connectivity index (χ0) is 14.5. The number of aromatic nitrogens is 2. The molecule has 3 nitrogen and oxygen atoms in total. The third kappa shape index (κ3) is 3.37. The van der Waals surface area contributed by atoms with Gasteiger partial charge in [-0.15, -0.1) is 0 Å². The molecule has 1 aromatic heterocycles. The number of unbranched alkanes of at least 4 members (excludes halogenated alkanes) is 1. The molecule has 1 heterocycles. The summed E-state index contributed by atoms with van der Waals surface area (Å²) in [6.07, 6.45) is 4.58. The van der Waals surface area contributed by atoms with Crippen LogP contribution in [0, 0.1) is 10.7 Å². The minimum atomic E-state index is 0.0212. The number of benzene rings is 1. The van der Waals surface area contributed by atoms with E-state index >= 15 is 0 Å². The fraction of sp³-hybridized carbons (Fsp3) is 0.500. The van der Waals surface area contributed by atoms with Gasteiger partial charge >= 0.3 is 0 Å². The van der Waals surface area contributed by atoms with E-state index in [1.54, 1.807) is 4.57 Å². The highest BCUT2D eigenvalue weighted by Gasteiger charge is 2.05. The Kier molecular flexibility index (Phi) is 5.12. The molecule has 0 saturated heterocycles. The molecule has 0 saturated carbocycles. The Balaban J connectivity index is 2.14. The fourth-order valence-electron chi connectivity index (χ4n) is 2.37. The van der Waals surface area contributed by atoms with Crippen LogP contribution in [0.1, 0.15) is 39.5 Å². The Labute approximate surface area is 124 Å². The van der Waals surface area contributed by atoms with Gasteiger partial charge in [0, 0.05) is 6.54 Å². The number of nitrogens with zero attached hydrogens (tertiary/aromatic N) is 1. The van der Waals surface area contributed by atoms with Crippen LogP contribution in [0.15, 0.2) is 29.1 Å². The summed E-state index contributed by atoms with van der Waals surface area (Å²) >= 11 is 5.30. The lowest BCUT2D eigenvalue weighted by atomic mass is 10.0. The first-order valence-electron chi connectivity index (χ1n) is 7.35. The number of H-pyrrole nitrogens is 1. The monoisotopic (exact) mass is 290 g/mol. The minimum absolute atomic E-state index is 0.0212. The molecule has 0 radical (unpaired) electrons. The van der Waals surface area contributed by atoms with Crippen LogP contribution >= 0.6 is 12.2 Å². The number of fused-ring (bicyclic) bond motifs is 1. The van der Waals surface area contributed by atoms with Gasteiger partial charge in [-0.05, 0) is 36.7 Å². The van der Waals surface area contributed by atoms with Crippen LogP contribution in [0.4, 0.5) is 0 Å². The molecule has 0 unspecified atom stereocenters. The highest BCUT2D eigenvalue weighted by Crippen LogP contribution is 2.12. The number of rotatable bonds is 6. The number of nitrogens with one attached hydrogen (secondary N) is 1. The van der Waals surface area contributed by atoms with Crippen molar-refractivity contribution in [2.45, 2.75) is 46.1 Å². The summed E-state index contributed by atoms with van der Waals surface area (Å²) in [6.45, 7) is 5.19. The van der Waals surface area contributed by atoms with Gasteiger partial charge < -0.3 is 4.98 Å². The van der Waals surface area contributed by atoms with Crippen LogP contribution in [0.3, 0.4) is 0 Å². The second-order valence-electron chi connectivity index (χ2n) is 5.44. The molecular weight excluding hydrogens is 268 g/mol. The second-order valence-corrected chi connectivity index (χ2v) is 5.83. The van der Waals surface area contributed by atoms with Gasteiger partial charge in [-0.25, -0.2) is 0 Å². The summed E-state index contributed by atoms with van der Waals surface area (Å²) in [7, 11) is 0. The predicted octanol–water partition coefficient (Wildman–Crippen LogP) is 4.28. The Hall–Kier alpha value is -1.42. The largest absolute Gasteiger partial charge is 0.332 e. The van der Waals surface area contributed by atoms with E-state index < -0.39 is 0 Å². The molecule has 4 heteroatoms. The van der Waals surface area contributed by atoms with Gasteiger partial charge in [-0.2, -0.15) is 0 Å². The van der Waals surface area contributed by atoms with Crippen molar-refractivity contribution in [3.8, 4) is 0 Å². The van der Waals surface area contributed by atoms with Crippen molar-refractivity contribution >= 4 is 23.1 Å². The fourth-order valence-corrected chi connectivity index (χ4v) is 2.65. The Morgan fingerprint density at radius 2 is 2.05 bits per heavy atom. The summed E-state index contributed by atoms with van der Waals surface area (Å²) in [5.74, 6) is 0.762. The first-order chi connectivity index (χ1) is 9.63. The van der Waals surface area contributed by atoms with Crippen LogP contribution in [-0.2, 0) is 6.54 Å². The molecule has 0 fully saturated rings. The molecule has 0 spiro atoms. The topological polar surface area (TPSA) is 37.8 Å². The molecule has 2 rings (SSSR count). The number of aromatic amines is 1. The van der Waals surface area contributed by atoms with E-state index in [9.17, 15) is 4.79 Å². The SMILES string of the molecule is CC[C@@H](C)CCCCn1c(=S)[nH]c2ccccc2c1=O. The zero-order valence-corrected chi connectivity index (χ0v) is 13.0. The average Bonchev–Trinajstić information content (AvgIpc) is 2.46. The molecule has 0 amide bonds. The maximum absolute atomic E-state index is 12.4. The van der Waals surface area contributed by atoms with Crippen molar-refractivity contribution in [1.82, 2.24) is 9.55 Å². The maximum Gasteiger partial charge on any atom is 0.262 e. The third-order valence-electron chi connectivity index (χ3n) is 3.91. The molecule has 0 aliphatic rings. The lowest BCUT2D eigenvalue weighted by molar-refractivity contribution is 0.464. The van der Waals surface area contributed by atoms with Crippen molar-refractivity contribution < 1.29 is 0 Å². The molecule has 1 aromatic carbocycles. The zero-order valence-electron chi connectivity index (χ0n) is 12.2. The van der Waals surface area contributed by atoms with Gasteiger partial charge in [-0.3, -0.25) is 9.36 Å². The van der Waals surface area contributed by atoms with Crippen molar-refractivity contribution in [2.24, 2.45) is 5.92 Å². The first-order valence-corrected chi connectivity index (χ1v) is 7.76. The van der Waals surface area contributed by atoms with Crippen LogP contribution < -0.4 is 5.56 Å². The Bertz CT molecular complexity index is 687. The smallest absolute Gasteiger partial charge is 0.262 e. The Morgan fingerprint density at radius 1 is 1.30 bits per heavy atom. The molecule has 2 aromatic rings. The average molecular weight is 290 g/mol. The normalized spacial score (nSPS) is 12.7. The molecule has 108 valence electrons. The molecule has 0 aliphatic heterocycles. The van der Waals surface area contributed by atoms with E-state index in [1.165, 1.54) is 12.8 Å². The van der Waals surface area contributed by atoms with Crippen LogP contribution in [0.25, 0.3) is 10.9 Å². The van der Waals surface area contributed by atoms with Crippen molar-refractivity contribution in [3.05, 3.63) is 39.4 Å². The molecule has 0 aliphatic carbocycles. The summed E-state index contributed by atoms with van der Waals surface area (Å²) in [5, 5.41) is 0.711. The number of para-hydroxylation sites is 1. The minimum Gasteiger partial charge on any atom is -0.332 e. The summed E-state index contributed by atoms with van der Waals surface area (Å²) in [4.78, 5) is 15.5. The van der Waals surface area contributed by atoms with E-state index in [4.69, 9.17) is 12.2 Å². The standard InChI is InChI=1S/C16H22N2OS/c1-3-12(2)8-6-7-11-18-15(19)13-9-4-5-10-14(13)17-16(18)20/h4-5,9-10,12H,3,6-8,11H2,1-2H3,(H,17,20)/t12-/m1/s1. The van der Waals surface area contributed by atoms with Gasteiger partial charge in [0.1, 0.15) is 0 Å². The van der Waals surface area contributed by atoms with Gasteiger partial charge in [0.2, 0.25) is 0 Å². The summed E-state index contributed by atoms with van der Waals surface area (Å²) < 4.78 is 2.21. The van der Waals surface area contributed by atoms with Gasteiger partial charge in [-0.1, -0.05) is 45.2 Å². The van der Waals surface area contributed by atoms with E-state index in [0.29, 0.717) is 16.7 Å². The van der Waals surface area contributed by atoms with Crippen LogP contribution in [0.2, 0.25) is 0 Å². The van der Waals surface area contributed by atoms with E-state index in [-0.39, 0.29) is 5.56 Å². The molecule has 1 N–H and O–H groups in total. The van der Waals surface area contributed by atoms with Crippen molar-refractivity contribution in [2.75, 3.05) is 0 Å². The van der Waals surface area contributed by atoms with Gasteiger partial charge in [0.05, 0.1) is 10.9 Å². The van der Waals surface area contributed by atoms with Crippen LogP contribution in [0.5, 0.6) is 0 Å². The predicted molar refractivity (Wildman–Crippen MR) is 86.7 cm³/mol. The maximum atomic E-state index is 12.4. The molecule has 0 bridgehead atoms. The highest BCUT2D eigenvalue weighted by atomic mass is 32.1. The number of hydrogen-bond acceptors (Lipinski definition) is 2. The summed E-state index contributed by atoms with van der Waals surface area (Å²) in [5.41, 5.74) is 0.839. The van der Waals surface area contributed by atoms with E-state index in [2.05, 4.69) is 18.8 Å². The van der Waals surface area contributed by atoms with Gasteiger partial charge in [0.15, 0.2) is 4.77 Å². The molecular formula is C16H22N2OS. The summed E-state index contributed by atoms with van der Waals surface area (Å²) in [6, 6.07) is 7.52. The number of hydrogen-bond donors (Lipinski definition) is 1. The lowest BCUT2D eigenvalue weighted by Crippen LogP contribution is -2.22. The molecule has 20 heavy (non-hydrogen) atoms.